The SMILES string of the molecule is CC(C)n1ncc2c(N3C[C@H]4COC[C@H]4C3)nc(C#C[Si](C)(C)C)nc21. The molecule has 2 aliphatic heterocycles. The summed E-state index contributed by atoms with van der Waals surface area (Å²) in [5.41, 5.74) is 4.28. The van der Waals surface area contributed by atoms with Crippen molar-refractivity contribution in [2.45, 2.75) is 39.5 Å². The summed E-state index contributed by atoms with van der Waals surface area (Å²) >= 11 is 0. The molecule has 2 atom stereocenters. The lowest BCUT2D eigenvalue weighted by atomic mass is 10.0. The number of fused-ring (bicyclic) bond motifs is 2. The fraction of sp³-hybridized carbons (Fsp3) is 0.632. The van der Waals surface area contributed by atoms with Gasteiger partial charge in [-0.3, -0.25) is 0 Å². The molecule has 2 saturated heterocycles. The fourth-order valence-corrected chi connectivity index (χ4v) is 4.18. The van der Waals surface area contributed by atoms with E-state index in [2.05, 4.69) is 55.0 Å². The van der Waals surface area contributed by atoms with E-state index in [1.165, 1.54) is 0 Å². The van der Waals surface area contributed by atoms with Crippen molar-refractivity contribution in [1.29, 1.82) is 0 Å². The highest BCUT2D eigenvalue weighted by atomic mass is 28.3. The number of anilines is 1. The third kappa shape index (κ3) is 3.24. The molecule has 2 aliphatic rings. The summed E-state index contributed by atoms with van der Waals surface area (Å²) in [5, 5.41) is 5.60. The molecule has 2 fully saturated rings. The molecule has 26 heavy (non-hydrogen) atoms. The van der Waals surface area contributed by atoms with Gasteiger partial charge in [0.2, 0.25) is 5.82 Å². The molecular formula is C19H27N5OSi. The van der Waals surface area contributed by atoms with Crippen molar-refractivity contribution in [3.63, 3.8) is 0 Å². The Labute approximate surface area is 156 Å². The Hall–Kier alpha value is -1.91. The third-order valence-corrected chi connectivity index (χ3v) is 5.89. The lowest BCUT2D eigenvalue weighted by Crippen LogP contribution is -2.24. The summed E-state index contributed by atoms with van der Waals surface area (Å²) in [4.78, 5) is 12.0. The summed E-state index contributed by atoms with van der Waals surface area (Å²) < 4.78 is 7.60. The maximum absolute atomic E-state index is 5.62. The Morgan fingerprint density at radius 3 is 2.46 bits per heavy atom. The number of nitrogens with zero attached hydrogens (tertiary/aromatic N) is 5. The molecule has 0 spiro atoms. The van der Waals surface area contributed by atoms with Gasteiger partial charge in [0.1, 0.15) is 13.9 Å². The van der Waals surface area contributed by atoms with Gasteiger partial charge in [-0.15, -0.1) is 5.54 Å². The van der Waals surface area contributed by atoms with Crippen LogP contribution in [0.15, 0.2) is 6.20 Å². The van der Waals surface area contributed by atoms with Crippen LogP contribution in [0.25, 0.3) is 11.0 Å². The lowest BCUT2D eigenvalue weighted by Gasteiger charge is -2.19. The Morgan fingerprint density at radius 2 is 1.85 bits per heavy atom. The van der Waals surface area contributed by atoms with Crippen molar-refractivity contribution in [2.24, 2.45) is 11.8 Å². The maximum Gasteiger partial charge on any atom is 0.208 e. The molecule has 0 unspecified atom stereocenters. The normalized spacial score (nSPS) is 22.8. The minimum atomic E-state index is -1.49. The van der Waals surface area contributed by atoms with Crippen LogP contribution in [-0.4, -0.2) is 54.1 Å². The van der Waals surface area contributed by atoms with Gasteiger partial charge in [0.25, 0.3) is 0 Å². The van der Waals surface area contributed by atoms with Gasteiger partial charge < -0.3 is 9.64 Å². The predicted octanol–water partition coefficient (Wildman–Crippen LogP) is 2.72. The van der Waals surface area contributed by atoms with Crippen LogP contribution in [0.5, 0.6) is 0 Å². The molecule has 0 aliphatic carbocycles. The summed E-state index contributed by atoms with van der Waals surface area (Å²) in [5.74, 6) is 6.06. The van der Waals surface area contributed by atoms with Crippen molar-refractivity contribution < 1.29 is 4.74 Å². The van der Waals surface area contributed by atoms with Crippen molar-refractivity contribution >= 4 is 24.9 Å². The monoisotopic (exact) mass is 369 g/mol. The van der Waals surface area contributed by atoms with Crippen LogP contribution in [0.3, 0.4) is 0 Å². The highest BCUT2D eigenvalue weighted by Crippen LogP contribution is 2.34. The molecule has 6 nitrogen and oxygen atoms in total. The van der Waals surface area contributed by atoms with Crippen LogP contribution in [0.4, 0.5) is 5.82 Å². The molecule has 0 radical (unpaired) electrons. The molecular weight excluding hydrogens is 342 g/mol. The molecule has 0 aromatic carbocycles. The Kier molecular flexibility index (Phi) is 4.28. The van der Waals surface area contributed by atoms with E-state index in [1.54, 1.807) is 0 Å². The summed E-state index contributed by atoms with van der Waals surface area (Å²) in [6.07, 6.45) is 1.91. The van der Waals surface area contributed by atoms with Gasteiger partial charge in [0.05, 0.1) is 24.8 Å². The van der Waals surface area contributed by atoms with Gasteiger partial charge in [-0.05, 0) is 19.8 Å². The van der Waals surface area contributed by atoms with Gasteiger partial charge in [-0.25, -0.2) is 14.6 Å². The molecule has 0 bridgehead atoms. The Morgan fingerprint density at radius 1 is 1.15 bits per heavy atom. The molecule has 7 heteroatoms. The predicted molar refractivity (Wildman–Crippen MR) is 106 cm³/mol. The minimum absolute atomic E-state index is 0.249. The zero-order valence-corrected chi connectivity index (χ0v) is 17.3. The third-order valence-electron chi connectivity index (χ3n) is 5.01. The van der Waals surface area contributed by atoms with E-state index in [0.717, 1.165) is 43.2 Å². The first kappa shape index (κ1) is 17.5. The molecule has 2 aromatic rings. The molecule has 138 valence electrons. The maximum atomic E-state index is 5.62. The van der Waals surface area contributed by atoms with Crippen LogP contribution in [0.1, 0.15) is 25.7 Å². The summed E-state index contributed by atoms with van der Waals surface area (Å²) in [7, 11) is -1.49. The average Bonchev–Trinajstić information content (AvgIpc) is 3.24. The lowest BCUT2D eigenvalue weighted by molar-refractivity contribution is 0.177. The second-order valence-electron chi connectivity index (χ2n) is 8.75. The fourth-order valence-electron chi connectivity index (χ4n) is 3.69. The van der Waals surface area contributed by atoms with Crippen molar-refractivity contribution in [3.8, 4) is 11.5 Å². The van der Waals surface area contributed by atoms with E-state index in [0.29, 0.717) is 17.7 Å². The van der Waals surface area contributed by atoms with Gasteiger partial charge in [-0.2, -0.15) is 5.10 Å². The van der Waals surface area contributed by atoms with E-state index in [-0.39, 0.29) is 6.04 Å². The molecule has 2 aromatic heterocycles. The first-order valence-electron chi connectivity index (χ1n) is 9.43. The van der Waals surface area contributed by atoms with Crippen LogP contribution in [-0.2, 0) is 4.74 Å². The molecule has 0 saturated carbocycles. The molecule has 4 rings (SSSR count). The van der Waals surface area contributed by atoms with Crippen molar-refractivity contribution in [1.82, 2.24) is 19.7 Å². The molecule has 0 N–H and O–H groups in total. The van der Waals surface area contributed by atoms with E-state index < -0.39 is 8.07 Å². The molecule has 4 heterocycles. The second-order valence-corrected chi connectivity index (χ2v) is 13.5. The van der Waals surface area contributed by atoms with Gasteiger partial charge in [0, 0.05) is 31.0 Å². The van der Waals surface area contributed by atoms with Crippen molar-refractivity contribution in [3.05, 3.63) is 12.0 Å². The first-order chi connectivity index (χ1) is 12.3. The highest BCUT2D eigenvalue weighted by molar-refractivity contribution is 6.83. The zero-order chi connectivity index (χ0) is 18.5. The van der Waals surface area contributed by atoms with Gasteiger partial charge >= 0.3 is 0 Å². The van der Waals surface area contributed by atoms with E-state index >= 15 is 0 Å². The Balaban J connectivity index is 1.81. The number of hydrogen-bond donors (Lipinski definition) is 0. The standard InChI is InChI=1S/C19H27N5OSi/c1-13(2)24-19-16(8-20-24)18(21-17(22-19)6-7-26(3,4)5)23-9-14-11-25-12-15(14)10-23/h8,13-15H,9-12H2,1-5H3/t14-,15+. The zero-order valence-electron chi connectivity index (χ0n) is 16.3. The van der Waals surface area contributed by atoms with Crippen LogP contribution in [0, 0.1) is 23.3 Å². The number of ether oxygens (including phenoxy) is 1. The van der Waals surface area contributed by atoms with E-state index in [1.807, 2.05) is 10.9 Å². The highest BCUT2D eigenvalue weighted by Gasteiger charge is 2.38. The minimum Gasteiger partial charge on any atom is -0.381 e. The largest absolute Gasteiger partial charge is 0.381 e. The first-order valence-corrected chi connectivity index (χ1v) is 12.9. The summed E-state index contributed by atoms with van der Waals surface area (Å²) in [6.45, 7) is 14.7. The van der Waals surface area contributed by atoms with E-state index in [4.69, 9.17) is 14.7 Å². The van der Waals surface area contributed by atoms with Crippen molar-refractivity contribution in [2.75, 3.05) is 31.2 Å². The number of rotatable bonds is 2. The van der Waals surface area contributed by atoms with Gasteiger partial charge in [-0.1, -0.05) is 19.6 Å². The van der Waals surface area contributed by atoms with E-state index in [9.17, 15) is 0 Å². The van der Waals surface area contributed by atoms with Crippen LogP contribution in [0.2, 0.25) is 19.6 Å². The number of aromatic nitrogens is 4. The second kappa shape index (κ2) is 6.36. The topological polar surface area (TPSA) is 56.1 Å². The summed E-state index contributed by atoms with van der Waals surface area (Å²) in [6, 6.07) is 0.249. The van der Waals surface area contributed by atoms with Gasteiger partial charge in [0.15, 0.2) is 5.65 Å². The quantitative estimate of drug-likeness (QED) is 0.602. The smallest absolute Gasteiger partial charge is 0.208 e. The Bertz CT molecular complexity index is 877. The van der Waals surface area contributed by atoms with Crippen LogP contribution >= 0.6 is 0 Å². The van der Waals surface area contributed by atoms with Crippen LogP contribution < -0.4 is 4.90 Å². The average molecular weight is 370 g/mol. The number of hydrogen-bond acceptors (Lipinski definition) is 5. The molecule has 0 amide bonds.